The van der Waals surface area contributed by atoms with Gasteiger partial charge >= 0.3 is 5.97 Å². The standard InChI is InChI=1S/C36H38N2O3/c1-5-7-10-19-38(18-6-2)27-16-17-30-34(22-27)40-33-21-25(4)32(37-26-13-11-12-24(3)20-26)23-31(33)36(30)29-15-9-8-14-28(29)35(39)41-36/h8-9,11-17,20-23,37H,5-7,10,18-19H2,1-4H3. The van der Waals surface area contributed by atoms with Crippen LogP contribution in [0, 0.1) is 13.8 Å². The Morgan fingerprint density at radius 1 is 0.780 bits per heavy atom. The number of benzene rings is 4. The first kappa shape index (κ1) is 26.9. The SMILES string of the molecule is CCCCCN(CCC)c1ccc2c(c1)Oc1cc(C)c(Nc3cccc(C)c3)cc1C21OC(=O)c2ccccc21. The number of fused-ring (bicyclic) bond motifs is 6. The molecule has 1 atom stereocenters. The molecule has 41 heavy (non-hydrogen) atoms. The Bertz CT molecular complexity index is 1610. The van der Waals surface area contributed by atoms with Crippen LogP contribution in [0.15, 0.2) is 78.9 Å². The number of anilines is 3. The van der Waals surface area contributed by atoms with Crippen LogP contribution in [-0.2, 0) is 10.3 Å². The van der Waals surface area contributed by atoms with Crippen LogP contribution in [0.3, 0.4) is 0 Å². The van der Waals surface area contributed by atoms with Crippen molar-refractivity contribution in [3.63, 3.8) is 0 Å². The van der Waals surface area contributed by atoms with Gasteiger partial charge in [-0.15, -0.1) is 0 Å². The van der Waals surface area contributed by atoms with E-state index in [1.54, 1.807) is 0 Å². The Morgan fingerprint density at radius 2 is 1.61 bits per heavy atom. The molecule has 6 rings (SSSR count). The summed E-state index contributed by atoms with van der Waals surface area (Å²) >= 11 is 0. The van der Waals surface area contributed by atoms with Crippen LogP contribution in [0.1, 0.15) is 77.7 Å². The lowest BCUT2D eigenvalue weighted by Gasteiger charge is -2.38. The Balaban J connectivity index is 1.50. The fourth-order valence-electron chi connectivity index (χ4n) is 6.21. The van der Waals surface area contributed by atoms with Crippen molar-refractivity contribution in [2.75, 3.05) is 23.3 Å². The third kappa shape index (κ3) is 4.73. The first-order valence-electron chi connectivity index (χ1n) is 14.8. The van der Waals surface area contributed by atoms with Gasteiger partial charge in [0, 0.05) is 52.9 Å². The molecule has 0 bridgehead atoms. The van der Waals surface area contributed by atoms with Gasteiger partial charge in [0.05, 0.1) is 5.56 Å². The van der Waals surface area contributed by atoms with Crippen molar-refractivity contribution in [1.29, 1.82) is 0 Å². The molecule has 2 heterocycles. The van der Waals surface area contributed by atoms with Crippen LogP contribution >= 0.6 is 0 Å². The van der Waals surface area contributed by atoms with Crippen molar-refractivity contribution in [1.82, 2.24) is 0 Å². The van der Waals surface area contributed by atoms with Crippen LogP contribution in [0.5, 0.6) is 11.5 Å². The van der Waals surface area contributed by atoms with Crippen LogP contribution in [0.2, 0.25) is 0 Å². The molecule has 4 aromatic rings. The van der Waals surface area contributed by atoms with E-state index in [1.807, 2.05) is 30.3 Å². The molecule has 4 aromatic carbocycles. The van der Waals surface area contributed by atoms with E-state index in [0.717, 1.165) is 71.0 Å². The van der Waals surface area contributed by atoms with E-state index in [0.29, 0.717) is 11.3 Å². The monoisotopic (exact) mass is 546 g/mol. The summed E-state index contributed by atoms with van der Waals surface area (Å²) in [6.07, 6.45) is 4.63. The number of carbonyl (C=O) groups excluding carboxylic acids is 1. The Morgan fingerprint density at radius 3 is 2.41 bits per heavy atom. The molecule has 0 fully saturated rings. The number of hydrogen-bond donors (Lipinski definition) is 1. The van der Waals surface area contributed by atoms with Crippen molar-refractivity contribution in [2.24, 2.45) is 0 Å². The summed E-state index contributed by atoms with van der Waals surface area (Å²) in [5, 5.41) is 3.59. The molecule has 0 saturated heterocycles. The van der Waals surface area contributed by atoms with E-state index in [4.69, 9.17) is 9.47 Å². The normalized spacial score (nSPS) is 16.4. The van der Waals surface area contributed by atoms with Crippen LogP contribution < -0.4 is 15.0 Å². The molecule has 1 spiro atoms. The van der Waals surface area contributed by atoms with E-state index in [1.165, 1.54) is 18.4 Å². The summed E-state index contributed by atoms with van der Waals surface area (Å²) in [5.74, 6) is 1.12. The molecular formula is C36H38N2O3. The second kappa shape index (κ2) is 11.0. The summed E-state index contributed by atoms with van der Waals surface area (Å²) in [6, 6.07) is 26.6. The Hall–Kier alpha value is -4.25. The maximum absolute atomic E-state index is 13.4. The Labute approximate surface area is 243 Å². The third-order valence-corrected chi connectivity index (χ3v) is 8.23. The van der Waals surface area contributed by atoms with Crippen molar-refractivity contribution >= 4 is 23.0 Å². The summed E-state index contributed by atoms with van der Waals surface area (Å²) in [4.78, 5) is 15.8. The molecule has 0 aromatic heterocycles. The summed E-state index contributed by atoms with van der Waals surface area (Å²) in [6.45, 7) is 10.6. The first-order valence-corrected chi connectivity index (χ1v) is 14.8. The minimum atomic E-state index is -1.09. The molecule has 0 radical (unpaired) electrons. The molecule has 0 aliphatic carbocycles. The van der Waals surface area contributed by atoms with Crippen molar-refractivity contribution in [2.45, 2.75) is 59.0 Å². The number of aryl methyl sites for hydroxylation is 2. The highest BCUT2D eigenvalue weighted by atomic mass is 16.6. The zero-order valence-corrected chi connectivity index (χ0v) is 24.4. The van der Waals surface area contributed by atoms with Gasteiger partial charge in [-0.1, -0.05) is 57.0 Å². The maximum atomic E-state index is 13.4. The van der Waals surface area contributed by atoms with Crippen LogP contribution in [0.25, 0.3) is 0 Å². The largest absolute Gasteiger partial charge is 0.456 e. The minimum Gasteiger partial charge on any atom is -0.456 e. The van der Waals surface area contributed by atoms with E-state index < -0.39 is 5.60 Å². The van der Waals surface area contributed by atoms with Crippen LogP contribution in [-0.4, -0.2) is 19.1 Å². The lowest BCUT2D eigenvalue weighted by molar-refractivity contribution is 0.0224. The van der Waals surface area contributed by atoms with E-state index in [2.05, 4.69) is 86.4 Å². The molecule has 1 unspecified atom stereocenters. The number of nitrogens with one attached hydrogen (secondary N) is 1. The highest BCUT2D eigenvalue weighted by molar-refractivity contribution is 5.97. The molecular weight excluding hydrogens is 508 g/mol. The van der Waals surface area contributed by atoms with Gasteiger partial charge in [0.15, 0.2) is 5.60 Å². The molecule has 5 heteroatoms. The lowest BCUT2D eigenvalue weighted by Crippen LogP contribution is -2.33. The minimum absolute atomic E-state index is 0.315. The summed E-state index contributed by atoms with van der Waals surface area (Å²) in [5.41, 5.74) is 7.34. The number of nitrogens with zero attached hydrogens (tertiary/aromatic N) is 1. The number of carbonyl (C=O) groups is 1. The van der Waals surface area contributed by atoms with E-state index >= 15 is 0 Å². The second-order valence-corrected chi connectivity index (χ2v) is 11.3. The first-order chi connectivity index (χ1) is 19.9. The van der Waals surface area contributed by atoms with Gasteiger partial charge in [0.2, 0.25) is 0 Å². The highest BCUT2D eigenvalue weighted by Crippen LogP contribution is 2.57. The average Bonchev–Trinajstić information content (AvgIpc) is 3.26. The van der Waals surface area contributed by atoms with Gasteiger partial charge in [-0.25, -0.2) is 4.79 Å². The van der Waals surface area contributed by atoms with Gasteiger partial charge in [-0.2, -0.15) is 0 Å². The van der Waals surface area contributed by atoms with Gasteiger partial charge in [0.25, 0.3) is 0 Å². The van der Waals surface area contributed by atoms with Gasteiger partial charge < -0.3 is 19.7 Å². The molecule has 210 valence electrons. The number of ether oxygens (including phenoxy) is 2. The molecule has 0 saturated carbocycles. The number of rotatable bonds is 9. The van der Waals surface area contributed by atoms with E-state index in [9.17, 15) is 4.79 Å². The van der Waals surface area contributed by atoms with Crippen molar-refractivity contribution < 1.29 is 14.3 Å². The number of unbranched alkanes of at least 4 members (excludes halogenated alkanes) is 2. The molecule has 1 N–H and O–H groups in total. The van der Waals surface area contributed by atoms with E-state index in [-0.39, 0.29) is 5.97 Å². The smallest absolute Gasteiger partial charge is 0.340 e. The zero-order valence-electron chi connectivity index (χ0n) is 24.4. The van der Waals surface area contributed by atoms with Gasteiger partial charge in [-0.3, -0.25) is 0 Å². The Kier molecular flexibility index (Phi) is 7.21. The predicted octanol–water partition coefficient (Wildman–Crippen LogP) is 9.02. The van der Waals surface area contributed by atoms with Crippen LogP contribution in [0.4, 0.5) is 17.1 Å². The molecule has 2 aliphatic heterocycles. The quantitative estimate of drug-likeness (QED) is 0.168. The third-order valence-electron chi connectivity index (χ3n) is 8.23. The second-order valence-electron chi connectivity index (χ2n) is 11.3. The average molecular weight is 547 g/mol. The molecule has 5 nitrogen and oxygen atoms in total. The van der Waals surface area contributed by atoms with Gasteiger partial charge in [0.1, 0.15) is 11.5 Å². The number of esters is 1. The van der Waals surface area contributed by atoms with Gasteiger partial charge in [-0.05, 0) is 80.3 Å². The molecule has 0 amide bonds. The predicted molar refractivity (Wildman–Crippen MR) is 166 cm³/mol. The van der Waals surface area contributed by atoms with Crippen molar-refractivity contribution in [3.8, 4) is 11.5 Å². The fraction of sp³-hybridized carbons (Fsp3) is 0.306. The molecule has 2 aliphatic rings. The van der Waals surface area contributed by atoms with Crippen molar-refractivity contribution in [3.05, 3.63) is 112 Å². The number of hydrogen-bond acceptors (Lipinski definition) is 5. The summed E-state index contributed by atoms with van der Waals surface area (Å²) in [7, 11) is 0. The highest BCUT2D eigenvalue weighted by Gasteiger charge is 2.53. The zero-order chi connectivity index (χ0) is 28.6. The fourth-order valence-corrected chi connectivity index (χ4v) is 6.21. The summed E-state index contributed by atoms with van der Waals surface area (Å²) < 4.78 is 13.1. The topological polar surface area (TPSA) is 50.8 Å². The maximum Gasteiger partial charge on any atom is 0.340 e. The lowest BCUT2D eigenvalue weighted by atomic mass is 9.77.